The molecule has 7 nitrogen and oxygen atoms in total. The Morgan fingerprint density at radius 3 is 2.23 bits per heavy atom. The highest BCUT2D eigenvalue weighted by Crippen LogP contribution is 2.35. The summed E-state index contributed by atoms with van der Waals surface area (Å²) in [7, 11) is 3.26. The van der Waals surface area contributed by atoms with Gasteiger partial charge in [-0.1, -0.05) is 18.7 Å². The van der Waals surface area contributed by atoms with Crippen molar-refractivity contribution in [2.45, 2.75) is 0 Å². The lowest BCUT2D eigenvalue weighted by molar-refractivity contribution is 0.132. The lowest BCUT2D eigenvalue weighted by atomic mass is 10.2. The molecular formula is C23H25N3O4. The average Bonchev–Trinajstić information content (AvgIpc) is 2.76. The Balaban J connectivity index is 1.92. The number of anilines is 2. The first-order valence-corrected chi connectivity index (χ1v) is 9.50. The van der Waals surface area contributed by atoms with Crippen LogP contribution in [0.25, 0.3) is 17.0 Å². The molecule has 156 valence electrons. The second kappa shape index (κ2) is 11.0. The molecule has 0 fully saturated rings. The summed E-state index contributed by atoms with van der Waals surface area (Å²) in [5.74, 6) is 1.87. The molecule has 1 N–H and O–H groups in total. The van der Waals surface area contributed by atoms with Gasteiger partial charge in [0.1, 0.15) is 25.4 Å². The predicted octanol–water partition coefficient (Wildman–Crippen LogP) is 4.22. The van der Waals surface area contributed by atoms with Crippen LogP contribution in [0.1, 0.15) is 5.56 Å². The molecule has 3 aromatic rings. The van der Waals surface area contributed by atoms with Gasteiger partial charge >= 0.3 is 0 Å². The molecule has 0 aliphatic rings. The number of benzene rings is 2. The van der Waals surface area contributed by atoms with E-state index in [0.29, 0.717) is 43.7 Å². The van der Waals surface area contributed by atoms with Crippen LogP contribution in [0, 0.1) is 0 Å². The van der Waals surface area contributed by atoms with E-state index in [-0.39, 0.29) is 0 Å². The fourth-order valence-electron chi connectivity index (χ4n) is 2.78. The first kappa shape index (κ1) is 21.3. The van der Waals surface area contributed by atoms with Crippen LogP contribution in [0.2, 0.25) is 0 Å². The first-order valence-electron chi connectivity index (χ1n) is 9.50. The smallest absolute Gasteiger partial charge is 0.163 e. The summed E-state index contributed by atoms with van der Waals surface area (Å²) in [6, 6.07) is 11.6. The molecule has 0 unspecified atom stereocenters. The summed E-state index contributed by atoms with van der Waals surface area (Å²) in [6.07, 6.45) is 3.34. The van der Waals surface area contributed by atoms with Gasteiger partial charge in [0.15, 0.2) is 11.5 Å². The number of hydrogen-bond donors (Lipinski definition) is 1. The largest absolute Gasteiger partial charge is 0.487 e. The molecular weight excluding hydrogens is 382 g/mol. The van der Waals surface area contributed by atoms with Crippen LogP contribution in [0.15, 0.2) is 55.0 Å². The maximum atomic E-state index is 5.87. The maximum absolute atomic E-state index is 5.87. The van der Waals surface area contributed by atoms with Gasteiger partial charge in [-0.2, -0.15) is 0 Å². The molecule has 2 aromatic carbocycles. The van der Waals surface area contributed by atoms with Gasteiger partial charge in [-0.05, 0) is 29.8 Å². The molecule has 0 aliphatic heterocycles. The van der Waals surface area contributed by atoms with Gasteiger partial charge in [0, 0.05) is 31.4 Å². The summed E-state index contributed by atoms with van der Waals surface area (Å²) < 4.78 is 21.9. The van der Waals surface area contributed by atoms with Crippen molar-refractivity contribution < 1.29 is 18.9 Å². The van der Waals surface area contributed by atoms with Crippen LogP contribution in [0.5, 0.6) is 11.5 Å². The van der Waals surface area contributed by atoms with Crippen LogP contribution in [-0.2, 0) is 9.47 Å². The lowest BCUT2D eigenvalue weighted by Gasteiger charge is -2.15. The third-order valence-corrected chi connectivity index (χ3v) is 4.23. The topological polar surface area (TPSA) is 74.7 Å². The molecule has 0 spiro atoms. The summed E-state index contributed by atoms with van der Waals surface area (Å²) in [5, 5.41) is 4.16. The van der Waals surface area contributed by atoms with E-state index in [1.807, 2.05) is 42.5 Å². The number of rotatable bonds is 11. The summed E-state index contributed by atoms with van der Waals surface area (Å²) >= 11 is 0. The molecule has 0 saturated carbocycles. The third-order valence-electron chi connectivity index (χ3n) is 4.23. The van der Waals surface area contributed by atoms with Crippen LogP contribution >= 0.6 is 0 Å². The van der Waals surface area contributed by atoms with Crippen LogP contribution < -0.4 is 14.8 Å². The Hall–Kier alpha value is -3.38. The normalized spacial score (nSPS) is 10.5. The zero-order valence-electron chi connectivity index (χ0n) is 17.2. The molecule has 1 heterocycles. The van der Waals surface area contributed by atoms with Crippen molar-refractivity contribution in [3.8, 4) is 11.5 Å². The molecule has 0 amide bonds. The van der Waals surface area contributed by atoms with Crippen LogP contribution in [0.4, 0.5) is 11.5 Å². The number of nitrogens with one attached hydrogen (secondary N) is 1. The number of fused-ring (bicyclic) bond motifs is 1. The second-order valence-corrected chi connectivity index (χ2v) is 6.32. The number of methoxy groups -OCH3 is 2. The van der Waals surface area contributed by atoms with E-state index in [1.165, 1.54) is 6.33 Å². The van der Waals surface area contributed by atoms with Gasteiger partial charge in [0.25, 0.3) is 0 Å². The van der Waals surface area contributed by atoms with Crippen molar-refractivity contribution in [2.24, 2.45) is 0 Å². The van der Waals surface area contributed by atoms with Crippen molar-refractivity contribution in [1.29, 1.82) is 0 Å². The Labute approximate surface area is 176 Å². The second-order valence-electron chi connectivity index (χ2n) is 6.32. The quantitative estimate of drug-likeness (QED) is 0.377. The van der Waals surface area contributed by atoms with Gasteiger partial charge in [-0.25, -0.2) is 9.97 Å². The maximum Gasteiger partial charge on any atom is 0.163 e. The molecule has 0 bridgehead atoms. The van der Waals surface area contributed by atoms with Crippen molar-refractivity contribution in [1.82, 2.24) is 9.97 Å². The van der Waals surface area contributed by atoms with E-state index >= 15 is 0 Å². The standard InChI is InChI=1S/C23H25N3O4/c1-4-5-17-6-8-18(9-7-17)26-23-19-14-21(29-12-10-27-2)22(30-13-11-28-3)15-20(19)24-16-25-23/h5-9,14-16H,1,10-13H2,2-3H3,(H,24,25,26). The highest BCUT2D eigenvalue weighted by molar-refractivity contribution is 5.93. The fraction of sp³-hybridized carbons (Fsp3) is 0.261. The van der Waals surface area contributed by atoms with Gasteiger partial charge in [0.2, 0.25) is 0 Å². The Bertz CT molecular complexity index is 1010. The fourth-order valence-corrected chi connectivity index (χ4v) is 2.78. The highest BCUT2D eigenvalue weighted by atomic mass is 16.5. The lowest BCUT2D eigenvalue weighted by Crippen LogP contribution is -2.09. The molecule has 7 heteroatoms. The van der Waals surface area contributed by atoms with E-state index in [4.69, 9.17) is 18.9 Å². The number of ether oxygens (including phenoxy) is 4. The highest BCUT2D eigenvalue weighted by Gasteiger charge is 2.13. The van der Waals surface area contributed by atoms with Crippen molar-refractivity contribution >= 4 is 28.5 Å². The molecule has 0 radical (unpaired) electrons. The zero-order chi connectivity index (χ0) is 21.2. The minimum absolute atomic E-state index is 0.400. The monoisotopic (exact) mass is 407 g/mol. The summed E-state index contributed by atoms with van der Waals surface area (Å²) in [5.41, 5.74) is 5.43. The third kappa shape index (κ3) is 5.58. The minimum Gasteiger partial charge on any atom is -0.487 e. The van der Waals surface area contributed by atoms with Gasteiger partial charge < -0.3 is 24.3 Å². The summed E-state index contributed by atoms with van der Waals surface area (Å²) in [4.78, 5) is 8.80. The number of aromatic nitrogens is 2. The van der Waals surface area contributed by atoms with E-state index in [1.54, 1.807) is 14.2 Å². The van der Waals surface area contributed by atoms with E-state index in [9.17, 15) is 0 Å². The number of nitrogens with zero attached hydrogens (tertiary/aromatic N) is 2. The van der Waals surface area contributed by atoms with Crippen molar-refractivity contribution in [3.63, 3.8) is 0 Å². The zero-order valence-corrected chi connectivity index (χ0v) is 17.2. The van der Waals surface area contributed by atoms with Gasteiger partial charge in [-0.15, -0.1) is 5.73 Å². The molecule has 0 atom stereocenters. The van der Waals surface area contributed by atoms with E-state index in [0.717, 1.165) is 22.2 Å². The van der Waals surface area contributed by atoms with Crippen molar-refractivity contribution in [3.05, 3.63) is 60.6 Å². The molecule has 30 heavy (non-hydrogen) atoms. The van der Waals surface area contributed by atoms with Gasteiger partial charge in [-0.3, -0.25) is 0 Å². The van der Waals surface area contributed by atoms with Crippen molar-refractivity contribution in [2.75, 3.05) is 46.0 Å². The molecule has 3 rings (SSSR count). The van der Waals surface area contributed by atoms with E-state index < -0.39 is 0 Å². The minimum atomic E-state index is 0.400. The van der Waals surface area contributed by atoms with Crippen LogP contribution in [0.3, 0.4) is 0 Å². The Morgan fingerprint density at radius 2 is 1.60 bits per heavy atom. The van der Waals surface area contributed by atoms with E-state index in [2.05, 4.69) is 27.6 Å². The Kier molecular flexibility index (Phi) is 7.80. The van der Waals surface area contributed by atoms with Crippen LogP contribution in [-0.4, -0.2) is 50.6 Å². The Morgan fingerprint density at radius 1 is 0.933 bits per heavy atom. The predicted molar refractivity (Wildman–Crippen MR) is 118 cm³/mol. The SMILES string of the molecule is C=C=Cc1ccc(Nc2ncnc3cc(OCCOC)c(OCCOC)cc23)cc1. The molecule has 0 saturated heterocycles. The first-order chi connectivity index (χ1) is 14.7. The molecule has 0 aliphatic carbocycles. The van der Waals surface area contributed by atoms with Gasteiger partial charge in [0.05, 0.1) is 18.7 Å². The average molecular weight is 407 g/mol. The number of hydrogen-bond acceptors (Lipinski definition) is 7. The summed E-state index contributed by atoms with van der Waals surface area (Å²) in [6.45, 7) is 5.35. The molecule has 1 aromatic heterocycles.